The number of aryl methyl sites for hydroxylation is 2. The van der Waals surface area contributed by atoms with E-state index in [2.05, 4.69) is 16.6 Å². The number of carboxylic acid groups (broad SMARTS) is 1. The molecule has 1 heterocycles. The lowest BCUT2D eigenvalue weighted by Gasteiger charge is -2.25. The van der Waals surface area contributed by atoms with E-state index in [0.29, 0.717) is 11.1 Å². The largest absolute Gasteiger partial charge is 0.478 e. The van der Waals surface area contributed by atoms with Gasteiger partial charge in [0.05, 0.1) is 21.8 Å². The summed E-state index contributed by atoms with van der Waals surface area (Å²) in [7, 11) is -19.4. The van der Waals surface area contributed by atoms with Crippen LogP contribution in [-0.4, -0.2) is 58.4 Å². The molecule has 56 heavy (non-hydrogen) atoms. The second-order valence-corrected chi connectivity index (χ2v) is 18.5. The number of hydrogen-bond donors (Lipinski definition) is 6. The summed E-state index contributed by atoms with van der Waals surface area (Å²) in [6.07, 6.45) is 0. The van der Waals surface area contributed by atoms with Gasteiger partial charge in [0.25, 0.3) is 40.4 Å². The number of carbonyl (C=O) groups is 1. The minimum atomic E-state index is -5.17. The molecule has 0 aromatic heterocycles. The second kappa shape index (κ2) is 13.8. The fraction of sp³-hybridized carbons (Fsp3) is 0.0833. The number of rotatable bonds is 10. The maximum atomic E-state index is 13.5. The third-order valence-electron chi connectivity index (χ3n) is 8.85. The fourth-order valence-corrected chi connectivity index (χ4v) is 9.63. The molecule has 1 aliphatic heterocycles. The Morgan fingerprint density at radius 2 is 1.29 bits per heavy atom. The number of carboxylic acids is 1. The van der Waals surface area contributed by atoms with Crippen molar-refractivity contribution in [3.63, 3.8) is 0 Å². The molecule has 20 heteroatoms. The van der Waals surface area contributed by atoms with Crippen LogP contribution in [0.3, 0.4) is 0 Å². The average Bonchev–Trinajstić information content (AvgIpc) is 3.09. The monoisotopic (exact) mass is 842 g/mol. The SMILES string of the molecule is C=c1cc2c(cc1S(=O)(=O)O)=C(c1ccccc1S(=O)(=O)O)c1cc(S(=O)(=O)O)c(Nc3c(C)cc(C)c(NS(=O)(=O)c4cccc(C(=O)O)c4)c3C)cc1O2. The molecule has 0 aliphatic carbocycles. The highest BCUT2D eigenvalue weighted by atomic mass is 32.2. The highest BCUT2D eigenvalue weighted by Crippen LogP contribution is 2.44. The molecule has 16 nitrogen and oxygen atoms in total. The van der Waals surface area contributed by atoms with Crippen LogP contribution in [0.4, 0.5) is 17.1 Å². The standard InChI is InChI=1S/C36H30N2O14S4/c1-18-13-28-25(15-31(18)55(46,47)48)33(24-10-5-6-11-30(24)54(43,44)45)26-16-32(56(49,50)51)27(17-29(26)52-28)37-34-19(2)12-20(3)35(21(34)4)38-53(41,42)23-9-7-8-22(14-23)36(39)40/h5-17,37-38H,1H2,2-4H3,(H,39,40)(H,43,44,45)(H,46,47,48)(H,49,50,51). The Bertz CT molecular complexity index is 3130. The van der Waals surface area contributed by atoms with E-state index in [1.54, 1.807) is 19.9 Å². The molecule has 0 saturated heterocycles. The lowest BCUT2D eigenvalue weighted by molar-refractivity contribution is 0.0696. The first-order valence-corrected chi connectivity index (χ1v) is 21.7. The summed E-state index contributed by atoms with van der Waals surface area (Å²) in [6, 6.07) is 15.4. The molecule has 292 valence electrons. The summed E-state index contributed by atoms with van der Waals surface area (Å²) in [5, 5.41) is 11.9. The number of ether oxygens (including phenoxy) is 1. The molecule has 0 fully saturated rings. The van der Waals surface area contributed by atoms with Gasteiger partial charge in [-0.2, -0.15) is 25.3 Å². The van der Waals surface area contributed by atoms with E-state index in [-0.39, 0.29) is 71.7 Å². The lowest BCUT2D eigenvalue weighted by atomic mass is 9.92. The topological polar surface area (TPSA) is 268 Å². The van der Waals surface area contributed by atoms with Crippen molar-refractivity contribution < 1.29 is 62.0 Å². The van der Waals surface area contributed by atoms with Crippen molar-refractivity contribution in [2.24, 2.45) is 0 Å². The molecule has 1 aliphatic rings. The van der Waals surface area contributed by atoms with Crippen LogP contribution in [-0.2, 0) is 40.4 Å². The molecule has 0 atom stereocenters. The fourth-order valence-electron chi connectivity index (χ4n) is 6.38. The van der Waals surface area contributed by atoms with Crippen LogP contribution in [0, 0.1) is 20.8 Å². The van der Waals surface area contributed by atoms with Gasteiger partial charge in [-0.15, -0.1) is 0 Å². The third-order valence-corrected chi connectivity index (χ3v) is 12.9. The highest BCUT2D eigenvalue weighted by Gasteiger charge is 2.31. The Balaban J connectivity index is 1.59. The molecule has 6 rings (SSSR count). The van der Waals surface area contributed by atoms with Crippen LogP contribution >= 0.6 is 0 Å². The predicted octanol–water partition coefficient (Wildman–Crippen LogP) is 4.36. The molecule has 0 amide bonds. The number of aromatic carboxylic acids is 1. The molecule has 5 aromatic rings. The molecule has 0 radical (unpaired) electrons. The summed E-state index contributed by atoms with van der Waals surface area (Å²) in [6.45, 7) is 8.41. The van der Waals surface area contributed by atoms with Gasteiger partial charge in [0.2, 0.25) is 0 Å². The summed E-state index contributed by atoms with van der Waals surface area (Å²) in [5.74, 6) is -1.62. The zero-order valence-electron chi connectivity index (χ0n) is 29.2. The lowest BCUT2D eigenvalue weighted by Crippen LogP contribution is -2.25. The van der Waals surface area contributed by atoms with Gasteiger partial charge in [-0.3, -0.25) is 18.4 Å². The van der Waals surface area contributed by atoms with Gasteiger partial charge >= 0.3 is 5.97 Å². The number of hydrogen-bond acceptors (Lipinski definition) is 11. The predicted molar refractivity (Wildman–Crippen MR) is 203 cm³/mol. The number of nitrogens with one attached hydrogen (secondary N) is 2. The van der Waals surface area contributed by atoms with Gasteiger partial charge < -0.3 is 15.2 Å². The van der Waals surface area contributed by atoms with E-state index in [1.165, 1.54) is 43.3 Å². The van der Waals surface area contributed by atoms with Gasteiger partial charge in [0.15, 0.2) is 0 Å². The Kier molecular flexibility index (Phi) is 9.91. The van der Waals surface area contributed by atoms with E-state index in [4.69, 9.17) is 4.74 Å². The molecule has 0 saturated carbocycles. The summed E-state index contributed by atoms with van der Waals surface area (Å²) >= 11 is 0. The Labute approximate surface area is 320 Å². The normalized spacial score (nSPS) is 13.0. The zero-order valence-corrected chi connectivity index (χ0v) is 32.5. The van der Waals surface area contributed by atoms with E-state index in [9.17, 15) is 57.2 Å². The zero-order chi connectivity index (χ0) is 41.3. The smallest absolute Gasteiger partial charge is 0.335 e. The molecule has 5 aromatic carbocycles. The van der Waals surface area contributed by atoms with Crippen molar-refractivity contribution in [3.8, 4) is 11.5 Å². The first kappa shape index (κ1) is 40.1. The van der Waals surface area contributed by atoms with Crippen LogP contribution < -0.4 is 25.2 Å². The molecule has 0 bridgehead atoms. The van der Waals surface area contributed by atoms with Crippen LogP contribution in [0.2, 0.25) is 0 Å². The van der Waals surface area contributed by atoms with Crippen molar-refractivity contribution in [2.45, 2.75) is 40.4 Å². The van der Waals surface area contributed by atoms with Crippen molar-refractivity contribution in [1.29, 1.82) is 0 Å². The van der Waals surface area contributed by atoms with E-state index >= 15 is 0 Å². The maximum Gasteiger partial charge on any atom is 0.335 e. The molecule has 0 spiro atoms. The van der Waals surface area contributed by atoms with Crippen LogP contribution in [0.25, 0.3) is 12.2 Å². The average molecular weight is 843 g/mol. The van der Waals surface area contributed by atoms with Crippen molar-refractivity contribution in [1.82, 2.24) is 0 Å². The Morgan fingerprint density at radius 1 is 0.661 bits per heavy atom. The number of benzene rings is 5. The quantitative estimate of drug-likeness (QED) is 0.105. The summed E-state index contributed by atoms with van der Waals surface area (Å²) in [4.78, 5) is 9.01. The van der Waals surface area contributed by atoms with Gasteiger partial charge in [0, 0.05) is 33.7 Å². The van der Waals surface area contributed by atoms with Gasteiger partial charge in [-0.1, -0.05) is 36.9 Å². The highest BCUT2D eigenvalue weighted by molar-refractivity contribution is 7.92. The van der Waals surface area contributed by atoms with Crippen LogP contribution in [0.5, 0.6) is 11.5 Å². The Morgan fingerprint density at radius 3 is 1.91 bits per heavy atom. The Hall–Kier alpha value is -5.61. The minimum absolute atomic E-state index is 0.0606. The maximum absolute atomic E-state index is 13.5. The molecular formula is C36H30N2O14S4. The van der Waals surface area contributed by atoms with E-state index in [0.717, 1.165) is 36.4 Å². The number of anilines is 3. The van der Waals surface area contributed by atoms with Crippen LogP contribution in [0.15, 0.2) is 98.4 Å². The van der Waals surface area contributed by atoms with Gasteiger partial charge in [0.1, 0.15) is 26.2 Å². The van der Waals surface area contributed by atoms with Crippen molar-refractivity contribution in [3.05, 3.63) is 123 Å². The summed E-state index contributed by atoms with van der Waals surface area (Å²) < 4.78 is 142. The van der Waals surface area contributed by atoms with Crippen LogP contribution in [0.1, 0.15) is 38.2 Å². The third kappa shape index (κ3) is 7.50. The first-order chi connectivity index (χ1) is 25.9. The molecule has 6 N–H and O–H groups in total. The van der Waals surface area contributed by atoms with E-state index < -0.39 is 61.0 Å². The van der Waals surface area contributed by atoms with Crippen molar-refractivity contribution in [2.75, 3.05) is 10.0 Å². The van der Waals surface area contributed by atoms with E-state index in [1.807, 2.05) is 0 Å². The number of fused-ring (bicyclic) bond motifs is 2. The van der Waals surface area contributed by atoms with Gasteiger partial charge in [-0.25, -0.2) is 13.2 Å². The molecule has 0 unspecified atom stereocenters. The molecular weight excluding hydrogens is 813 g/mol. The van der Waals surface area contributed by atoms with Crippen molar-refractivity contribution >= 4 is 75.6 Å². The second-order valence-electron chi connectivity index (χ2n) is 12.6. The van der Waals surface area contributed by atoms with Gasteiger partial charge in [-0.05, 0) is 85.1 Å². The first-order valence-electron chi connectivity index (χ1n) is 15.9. The number of sulfonamides is 1. The minimum Gasteiger partial charge on any atom is -0.478 e. The summed E-state index contributed by atoms with van der Waals surface area (Å²) in [5.41, 5.74) is 0.216.